The van der Waals surface area contributed by atoms with E-state index < -0.39 is 6.36 Å². The van der Waals surface area contributed by atoms with Crippen molar-refractivity contribution < 1.29 is 22.4 Å². The molecule has 25 heavy (non-hydrogen) atoms. The summed E-state index contributed by atoms with van der Waals surface area (Å²) in [6.07, 6.45) is -3.17. The van der Waals surface area contributed by atoms with E-state index >= 15 is 0 Å². The summed E-state index contributed by atoms with van der Waals surface area (Å²) < 4.78 is 47.0. The van der Waals surface area contributed by atoms with Crippen LogP contribution >= 0.6 is 0 Å². The Labute approximate surface area is 140 Å². The van der Waals surface area contributed by atoms with E-state index in [4.69, 9.17) is 4.52 Å². The Bertz CT molecular complexity index is 937. The molecule has 5 nitrogen and oxygen atoms in total. The molecule has 0 unspecified atom stereocenters. The first-order valence-electron chi connectivity index (χ1n) is 7.27. The summed E-state index contributed by atoms with van der Waals surface area (Å²) in [4.78, 5) is 12.1. The minimum atomic E-state index is -4.76. The zero-order valence-electron chi connectivity index (χ0n) is 13.3. The molecule has 0 saturated heterocycles. The summed E-state index contributed by atoms with van der Waals surface area (Å²) in [6, 6.07) is 8.07. The van der Waals surface area contributed by atoms with Gasteiger partial charge in [0.25, 0.3) is 5.56 Å². The highest BCUT2D eigenvalue weighted by molar-refractivity contribution is 5.67. The summed E-state index contributed by atoms with van der Waals surface area (Å²) >= 11 is 0. The highest BCUT2D eigenvalue weighted by Gasteiger charge is 2.31. The largest absolute Gasteiger partial charge is 0.573 e. The second-order valence-electron chi connectivity index (χ2n) is 5.37. The first kappa shape index (κ1) is 16.8. The maximum Gasteiger partial charge on any atom is 0.573 e. The fourth-order valence-corrected chi connectivity index (χ4v) is 2.54. The lowest BCUT2D eigenvalue weighted by atomic mass is 10.1. The number of aryl methyl sites for hydroxylation is 2. The van der Waals surface area contributed by atoms with Crippen molar-refractivity contribution in [1.29, 1.82) is 0 Å². The van der Waals surface area contributed by atoms with E-state index in [-0.39, 0.29) is 11.3 Å². The predicted molar refractivity (Wildman–Crippen MR) is 83.7 cm³/mol. The Hall–Kier alpha value is -3.03. The average molecular weight is 350 g/mol. The van der Waals surface area contributed by atoms with Crippen LogP contribution in [-0.2, 0) is 0 Å². The van der Waals surface area contributed by atoms with Gasteiger partial charge in [-0.3, -0.25) is 9.36 Å². The minimum Gasteiger partial charge on any atom is -0.406 e. The van der Waals surface area contributed by atoms with E-state index in [1.54, 1.807) is 26.1 Å². The Balaban J connectivity index is 2.00. The molecule has 8 heteroatoms. The highest BCUT2D eigenvalue weighted by Crippen LogP contribution is 2.27. The SMILES string of the molecule is Cc1noc(C)c1-c1ccc(=O)n(-c2ccc(OC(F)(F)F)cc2)c1. The molecule has 3 rings (SSSR count). The van der Waals surface area contributed by atoms with Crippen molar-refractivity contribution in [2.75, 3.05) is 0 Å². The number of rotatable bonds is 3. The van der Waals surface area contributed by atoms with Gasteiger partial charge >= 0.3 is 6.36 Å². The van der Waals surface area contributed by atoms with Gasteiger partial charge in [-0.05, 0) is 44.2 Å². The lowest BCUT2D eigenvalue weighted by Gasteiger charge is -2.11. The molecule has 0 bridgehead atoms. The van der Waals surface area contributed by atoms with Gasteiger partial charge in [0.1, 0.15) is 11.5 Å². The molecule has 3 aromatic rings. The number of ether oxygens (including phenoxy) is 1. The number of aromatic nitrogens is 2. The number of alkyl halides is 3. The number of hydrogen-bond acceptors (Lipinski definition) is 4. The molecule has 2 heterocycles. The molecule has 0 atom stereocenters. The van der Waals surface area contributed by atoms with Crippen molar-refractivity contribution in [3.05, 3.63) is 64.4 Å². The van der Waals surface area contributed by atoms with Crippen LogP contribution in [0.4, 0.5) is 13.2 Å². The van der Waals surface area contributed by atoms with Gasteiger partial charge in [-0.25, -0.2) is 0 Å². The molecule has 0 spiro atoms. The van der Waals surface area contributed by atoms with Crippen LogP contribution in [0.3, 0.4) is 0 Å². The van der Waals surface area contributed by atoms with E-state index in [0.29, 0.717) is 22.7 Å². The topological polar surface area (TPSA) is 57.3 Å². The Morgan fingerprint density at radius 3 is 2.32 bits per heavy atom. The quantitative estimate of drug-likeness (QED) is 0.716. The first-order chi connectivity index (χ1) is 11.7. The maximum atomic E-state index is 12.2. The molecule has 0 aliphatic heterocycles. The normalized spacial score (nSPS) is 11.6. The molecular formula is C17H13F3N2O3. The molecule has 130 valence electrons. The zero-order chi connectivity index (χ0) is 18.2. The predicted octanol–water partition coefficient (Wildman–Crippen LogP) is 4.01. The minimum absolute atomic E-state index is 0.319. The lowest BCUT2D eigenvalue weighted by molar-refractivity contribution is -0.274. The Kier molecular flexibility index (Phi) is 4.12. The standard InChI is InChI=1S/C17H13F3N2O3/c1-10-16(11(2)25-21-10)12-3-8-15(23)22(9-12)13-4-6-14(7-5-13)24-17(18,19)20/h3-9H,1-2H3. The van der Waals surface area contributed by atoms with Crippen LogP contribution < -0.4 is 10.3 Å². The smallest absolute Gasteiger partial charge is 0.406 e. The molecule has 0 amide bonds. The van der Waals surface area contributed by atoms with Crippen molar-refractivity contribution in [2.45, 2.75) is 20.2 Å². The summed E-state index contributed by atoms with van der Waals surface area (Å²) in [6.45, 7) is 3.54. The van der Waals surface area contributed by atoms with E-state index in [0.717, 1.165) is 17.7 Å². The van der Waals surface area contributed by atoms with Gasteiger partial charge in [-0.1, -0.05) is 5.16 Å². The van der Waals surface area contributed by atoms with Crippen LogP contribution in [0.15, 0.2) is 51.9 Å². The van der Waals surface area contributed by atoms with Gasteiger partial charge in [-0.15, -0.1) is 13.2 Å². The third kappa shape index (κ3) is 3.57. The molecule has 0 aliphatic carbocycles. The summed E-state index contributed by atoms with van der Waals surface area (Å²) in [5.41, 5.74) is 2.25. The summed E-state index contributed by atoms with van der Waals surface area (Å²) in [7, 11) is 0. The molecule has 0 radical (unpaired) electrons. The van der Waals surface area contributed by atoms with Crippen molar-refractivity contribution in [3.63, 3.8) is 0 Å². The zero-order valence-corrected chi connectivity index (χ0v) is 13.3. The van der Waals surface area contributed by atoms with Gasteiger partial charge in [-0.2, -0.15) is 0 Å². The highest BCUT2D eigenvalue weighted by atomic mass is 19.4. The monoisotopic (exact) mass is 350 g/mol. The van der Waals surface area contributed by atoms with Crippen LogP contribution in [0.2, 0.25) is 0 Å². The van der Waals surface area contributed by atoms with E-state index in [2.05, 4.69) is 9.89 Å². The fraction of sp³-hybridized carbons (Fsp3) is 0.176. The summed E-state index contributed by atoms with van der Waals surface area (Å²) in [5.74, 6) is 0.253. The van der Waals surface area contributed by atoms with E-state index in [1.807, 2.05) is 0 Å². The van der Waals surface area contributed by atoms with Gasteiger partial charge < -0.3 is 9.26 Å². The molecular weight excluding hydrogens is 337 g/mol. The second-order valence-corrected chi connectivity index (χ2v) is 5.37. The lowest BCUT2D eigenvalue weighted by Crippen LogP contribution is -2.18. The Morgan fingerprint density at radius 1 is 1.08 bits per heavy atom. The molecule has 0 N–H and O–H groups in total. The van der Waals surface area contributed by atoms with Gasteiger partial charge in [0.05, 0.1) is 5.69 Å². The van der Waals surface area contributed by atoms with Crippen LogP contribution in [0.5, 0.6) is 5.75 Å². The molecule has 0 saturated carbocycles. The second kappa shape index (κ2) is 6.12. The van der Waals surface area contributed by atoms with Crippen molar-refractivity contribution in [2.24, 2.45) is 0 Å². The van der Waals surface area contributed by atoms with E-state index in [9.17, 15) is 18.0 Å². The van der Waals surface area contributed by atoms with Crippen LogP contribution in [-0.4, -0.2) is 16.1 Å². The van der Waals surface area contributed by atoms with Gasteiger partial charge in [0.2, 0.25) is 0 Å². The number of halogens is 3. The van der Waals surface area contributed by atoms with Crippen molar-refractivity contribution in [1.82, 2.24) is 9.72 Å². The number of hydrogen-bond donors (Lipinski definition) is 0. The Morgan fingerprint density at radius 2 is 1.76 bits per heavy atom. The molecule has 0 fully saturated rings. The number of benzene rings is 1. The summed E-state index contributed by atoms with van der Waals surface area (Å²) in [5, 5.41) is 3.88. The van der Waals surface area contributed by atoms with E-state index in [1.165, 1.54) is 22.8 Å². The van der Waals surface area contributed by atoms with Crippen LogP contribution in [0, 0.1) is 13.8 Å². The third-order valence-corrected chi connectivity index (χ3v) is 3.58. The average Bonchev–Trinajstić information content (AvgIpc) is 2.86. The van der Waals surface area contributed by atoms with Crippen LogP contribution in [0.1, 0.15) is 11.5 Å². The fourth-order valence-electron chi connectivity index (χ4n) is 2.54. The van der Waals surface area contributed by atoms with Crippen molar-refractivity contribution >= 4 is 0 Å². The van der Waals surface area contributed by atoms with Gasteiger partial charge in [0.15, 0.2) is 0 Å². The third-order valence-electron chi connectivity index (χ3n) is 3.58. The van der Waals surface area contributed by atoms with Crippen molar-refractivity contribution in [3.8, 4) is 22.6 Å². The molecule has 1 aromatic carbocycles. The number of nitrogens with zero attached hydrogens (tertiary/aromatic N) is 2. The number of pyridine rings is 1. The van der Waals surface area contributed by atoms with Gasteiger partial charge in [0, 0.05) is 29.1 Å². The maximum absolute atomic E-state index is 12.2. The molecule has 0 aliphatic rings. The van der Waals surface area contributed by atoms with Crippen LogP contribution in [0.25, 0.3) is 16.8 Å². The first-order valence-corrected chi connectivity index (χ1v) is 7.27. The molecule has 2 aromatic heterocycles.